The van der Waals surface area contributed by atoms with Crippen molar-refractivity contribution in [1.82, 2.24) is 15.0 Å². The number of nitrogens with zero attached hydrogens (tertiary/aromatic N) is 3. The fraction of sp³-hybridized carbons (Fsp3) is 0.211. The molecule has 1 amide bonds. The largest absolute Gasteiger partial charge is 0.319 e. The first-order chi connectivity index (χ1) is 11.5. The Hall–Kier alpha value is -2.95. The molecule has 1 aromatic heterocycles. The summed E-state index contributed by atoms with van der Waals surface area (Å²) in [4.78, 5) is 16.6. The molecule has 1 N–H and O–H groups in total. The lowest BCUT2D eigenvalue weighted by Crippen LogP contribution is -2.23. The van der Waals surface area contributed by atoms with Gasteiger partial charge in [-0.25, -0.2) is 10.4 Å². The van der Waals surface area contributed by atoms with Crippen LogP contribution in [0.5, 0.6) is 0 Å². The van der Waals surface area contributed by atoms with E-state index in [0.29, 0.717) is 0 Å². The standard InChI is InChI=1S/C19H20N4O/c1-13-8-9-14(2)16(10-13)11-20-22-19(24)12-23-15(3)21-17-6-4-5-7-18(17)23/h4-11H,12H2,1-3H3,(H,22,24)/b20-11-. The molecule has 0 radical (unpaired) electrons. The van der Waals surface area contributed by atoms with Gasteiger partial charge in [0.05, 0.1) is 17.2 Å². The van der Waals surface area contributed by atoms with Crippen LogP contribution in [0.1, 0.15) is 22.5 Å². The van der Waals surface area contributed by atoms with Gasteiger partial charge in [0, 0.05) is 0 Å². The zero-order chi connectivity index (χ0) is 17.1. The zero-order valence-corrected chi connectivity index (χ0v) is 14.1. The normalized spacial score (nSPS) is 11.3. The molecule has 0 aliphatic carbocycles. The minimum atomic E-state index is -0.178. The lowest BCUT2D eigenvalue weighted by molar-refractivity contribution is -0.121. The van der Waals surface area contributed by atoms with Crippen molar-refractivity contribution in [2.75, 3.05) is 0 Å². The molecule has 1 heterocycles. The van der Waals surface area contributed by atoms with Crippen LogP contribution in [0.2, 0.25) is 0 Å². The number of nitrogens with one attached hydrogen (secondary N) is 1. The number of para-hydroxylation sites is 2. The molecule has 24 heavy (non-hydrogen) atoms. The molecule has 0 saturated heterocycles. The minimum absolute atomic E-state index is 0.178. The van der Waals surface area contributed by atoms with Crippen LogP contribution >= 0.6 is 0 Å². The van der Waals surface area contributed by atoms with E-state index in [0.717, 1.165) is 33.5 Å². The van der Waals surface area contributed by atoms with Crippen molar-refractivity contribution in [1.29, 1.82) is 0 Å². The number of rotatable bonds is 4. The van der Waals surface area contributed by atoms with Crippen molar-refractivity contribution in [3.8, 4) is 0 Å². The minimum Gasteiger partial charge on any atom is -0.319 e. The number of carbonyl (C=O) groups is 1. The van der Waals surface area contributed by atoms with Crippen molar-refractivity contribution in [3.63, 3.8) is 0 Å². The Balaban J connectivity index is 1.70. The van der Waals surface area contributed by atoms with Gasteiger partial charge in [-0.1, -0.05) is 35.9 Å². The molecule has 0 bridgehead atoms. The average Bonchev–Trinajstić information content (AvgIpc) is 2.87. The van der Waals surface area contributed by atoms with Gasteiger partial charge in [0.25, 0.3) is 5.91 Å². The van der Waals surface area contributed by atoms with Crippen LogP contribution in [0.4, 0.5) is 0 Å². The van der Waals surface area contributed by atoms with Crippen molar-refractivity contribution >= 4 is 23.2 Å². The molecule has 0 fully saturated rings. The molecule has 5 nitrogen and oxygen atoms in total. The summed E-state index contributed by atoms with van der Waals surface area (Å²) in [5.41, 5.74) is 7.71. The summed E-state index contributed by atoms with van der Waals surface area (Å²) >= 11 is 0. The second-order valence-corrected chi connectivity index (χ2v) is 5.89. The summed E-state index contributed by atoms with van der Waals surface area (Å²) in [5.74, 6) is 0.632. The summed E-state index contributed by atoms with van der Waals surface area (Å²) in [7, 11) is 0. The highest BCUT2D eigenvalue weighted by atomic mass is 16.2. The second-order valence-electron chi connectivity index (χ2n) is 5.89. The maximum absolute atomic E-state index is 12.2. The van der Waals surface area contributed by atoms with E-state index in [2.05, 4.69) is 21.6 Å². The van der Waals surface area contributed by atoms with Gasteiger partial charge in [-0.3, -0.25) is 4.79 Å². The lowest BCUT2D eigenvalue weighted by Gasteiger charge is -2.06. The van der Waals surface area contributed by atoms with Gasteiger partial charge < -0.3 is 4.57 Å². The lowest BCUT2D eigenvalue weighted by atomic mass is 10.1. The third-order valence-corrected chi connectivity index (χ3v) is 3.97. The number of carbonyl (C=O) groups excluding carboxylic acids is 1. The van der Waals surface area contributed by atoms with Gasteiger partial charge in [-0.15, -0.1) is 0 Å². The Morgan fingerprint density at radius 3 is 2.83 bits per heavy atom. The van der Waals surface area contributed by atoms with E-state index in [1.165, 1.54) is 0 Å². The molecule has 122 valence electrons. The van der Waals surface area contributed by atoms with Crippen molar-refractivity contribution < 1.29 is 4.79 Å². The van der Waals surface area contributed by atoms with Crippen LogP contribution < -0.4 is 5.43 Å². The number of amides is 1. The first-order valence-corrected chi connectivity index (χ1v) is 7.85. The molecule has 3 aromatic rings. The number of imidazole rings is 1. The molecule has 0 saturated carbocycles. The van der Waals surface area contributed by atoms with Crippen LogP contribution in [-0.4, -0.2) is 21.7 Å². The van der Waals surface area contributed by atoms with Crippen LogP contribution in [0.3, 0.4) is 0 Å². The number of hydrogen-bond acceptors (Lipinski definition) is 3. The van der Waals surface area contributed by atoms with Gasteiger partial charge in [0.1, 0.15) is 12.4 Å². The third-order valence-electron chi connectivity index (χ3n) is 3.97. The van der Waals surface area contributed by atoms with Gasteiger partial charge >= 0.3 is 0 Å². The number of benzene rings is 2. The molecule has 2 aromatic carbocycles. The van der Waals surface area contributed by atoms with E-state index in [1.807, 2.05) is 61.7 Å². The van der Waals surface area contributed by atoms with E-state index >= 15 is 0 Å². The SMILES string of the molecule is Cc1ccc(C)c(/C=N\NC(=O)Cn2c(C)nc3ccccc32)c1. The Kier molecular flexibility index (Phi) is 4.42. The number of fused-ring (bicyclic) bond motifs is 1. The van der Waals surface area contributed by atoms with E-state index in [1.54, 1.807) is 6.21 Å². The van der Waals surface area contributed by atoms with E-state index in [4.69, 9.17) is 0 Å². The van der Waals surface area contributed by atoms with E-state index in [-0.39, 0.29) is 12.5 Å². The summed E-state index contributed by atoms with van der Waals surface area (Å²) in [5, 5.41) is 4.08. The monoisotopic (exact) mass is 320 g/mol. The summed E-state index contributed by atoms with van der Waals surface area (Å²) in [6, 6.07) is 13.9. The number of hydrogen-bond donors (Lipinski definition) is 1. The smallest absolute Gasteiger partial charge is 0.260 e. The Morgan fingerprint density at radius 1 is 1.21 bits per heavy atom. The summed E-state index contributed by atoms with van der Waals surface area (Å²) < 4.78 is 1.89. The molecule has 0 aliphatic heterocycles. The van der Waals surface area contributed by atoms with Crippen molar-refractivity contribution in [2.45, 2.75) is 27.3 Å². The second kappa shape index (κ2) is 6.66. The first-order valence-electron chi connectivity index (χ1n) is 7.85. The van der Waals surface area contributed by atoms with Crippen LogP contribution in [0, 0.1) is 20.8 Å². The quantitative estimate of drug-likeness (QED) is 0.593. The zero-order valence-electron chi connectivity index (χ0n) is 14.1. The molecule has 3 rings (SSSR count). The van der Waals surface area contributed by atoms with E-state index in [9.17, 15) is 4.79 Å². The highest BCUT2D eigenvalue weighted by molar-refractivity contribution is 5.85. The van der Waals surface area contributed by atoms with Crippen LogP contribution in [0.15, 0.2) is 47.6 Å². The van der Waals surface area contributed by atoms with Crippen molar-refractivity contribution in [2.24, 2.45) is 5.10 Å². The Bertz CT molecular complexity index is 924. The number of aryl methyl sites for hydroxylation is 3. The topological polar surface area (TPSA) is 59.3 Å². The van der Waals surface area contributed by atoms with Crippen LogP contribution in [0.25, 0.3) is 11.0 Å². The summed E-state index contributed by atoms with van der Waals surface area (Å²) in [6.45, 7) is 6.13. The Morgan fingerprint density at radius 2 is 2.00 bits per heavy atom. The summed E-state index contributed by atoms with van der Waals surface area (Å²) in [6.07, 6.45) is 1.68. The maximum Gasteiger partial charge on any atom is 0.260 e. The average molecular weight is 320 g/mol. The van der Waals surface area contributed by atoms with Gasteiger partial charge in [0.15, 0.2) is 0 Å². The highest BCUT2D eigenvalue weighted by Gasteiger charge is 2.10. The fourth-order valence-corrected chi connectivity index (χ4v) is 2.65. The first kappa shape index (κ1) is 15.9. The molecule has 0 aliphatic rings. The molecule has 0 spiro atoms. The third kappa shape index (κ3) is 3.35. The fourth-order valence-electron chi connectivity index (χ4n) is 2.65. The molecular formula is C19H20N4O. The molecule has 0 atom stereocenters. The number of aromatic nitrogens is 2. The van der Waals surface area contributed by atoms with Crippen LogP contribution in [-0.2, 0) is 11.3 Å². The molecule has 0 unspecified atom stereocenters. The predicted molar refractivity (Wildman–Crippen MR) is 96.1 cm³/mol. The predicted octanol–water partition coefficient (Wildman–Crippen LogP) is 3.11. The number of hydrazone groups is 1. The maximum atomic E-state index is 12.2. The van der Waals surface area contributed by atoms with E-state index < -0.39 is 0 Å². The molecular weight excluding hydrogens is 300 g/mol. The molecule has 5 heteroatoms. The van der Waals surface area contributed by atoms with Crippen molar-refractivity contribution in [3.05, 3.63) is 65.0 Å². The van der Waals surface area contributed by atoms with Gasteiger partial charge in [-0.2, -0.15) is 5.10 Å². The van der Waals surface area contributed by atoms with Gasteiger partial charge in [-0.05, 0) is 44.0 Å². The highest BCUT2D eigenvalue weighted by Crippen LogP contribution is 2.15. The Labute approximate surface area is 141 Å². The van der Waals surface area contributed by atoms with Gasteiger partial charge in [0.2, 0.25) is 0 Å².